The molecule has 78 valence electrons. The van der Waals surface area contributed by atoms with Crippen LogP contribution in [0.25, 0.3) is 0 Å². The Kier molecular flexibility index (Phi) is 3.43. The summed E-state index contributed by atoms with van der Waals surface area (Å²) in [5.41, 5.74) is 0.355. The van der Waals surface area contributed by atoms with Gasteiger partial charge < -0.3 is 9.79 Å². The zero-order valence-corrected chi connectivity index (χ0v) is 8.67. The molecule has 0 heterocycles. The minimum Gasteiger partial charge on any atom is -0.321 e. The quantitative estimate of drug-likeness (QED) is 0.757. The van der Waals surface area contributed by atoms with E-state index in [1.54, 1.807) is 0 Å². The molecule has 0 aliphatic carbocycles. The fraction of sp³-hybridized carbons (Fsp3) is 0.333. The molecule has 0 amide bonds. The predicted octanol–water partition coefficient (Wildman–Crippen LogP) is 1.58. The molecule has 0 spiro atoms. The lowest BCUT2D eigenvalue weighted by Gasteiger charge is -2.08. The molecule has 5 heteroatoms. The predicted molar refractivity (Wildman–Crippen MR) is 52.1 cm³/mol. The maximum Gasteiger partial charge on any atom is 0.359 e. The Morgan fingerprint density at radius 2 is 2.07 bits per heavy atom. The van der Waals surface area contributed by atoms with Crippen LogP contribution in [0.1, 0.15) is 18.9 Å². The van der Waals surface area contributed by atoms with Gasteiger partial charge in [0, 0.05) is 0 Å². The molecule has 2 N–H and O–H groups in total. The molecule has 1 aromatic rings. The Labute approximate surface area is 81.7 Å². The van der Waals surface area contributed by atoms with Crippen molar-refractivity contribution in [3.05, 3.63) is 29.6 Å². The van der Waals surface area contributed by atoms with E-state index in [9.17, 15) is 8.96 Å². The van der Waals surface area contributed by atoms with Crippen molar-refractivity contribution in [1.29, 1.82) is 0 Å². The lowest BCUT2D eigenvalue weighted by Crippen LogP contribution is -2.11. The van der Waals surface area contributed by atoms with Crippen LogP contribution in [-0.2, 0) is 11.0 Å². The molecule has 0 bridgehead atoms. The van der Waals surface area contributed by atoms with E-state index >= 15 is 0 Å². The lowest BCUT2D eigenvalue weighted by atomic mass is 10.1. The van der Waals surface area contributed by atoms with Gasteiger partial charge >= 0.3 is 7.60 Å². The Morgan fingerprint density at radius 1 is 1.43 bits per heavy atom. The first kappa shape index (κ1) is 11.4. The molecule has 1 aromatic carbocycles. The number of aryl methyl sites for hydroxylation is 1. The van der Waals surface area contributed by atoms with Crippen molar-refractivity contribution < 1.29 is 18.7 Å². The van der Waals surface area contributed by atoms with Gasteiger partial charge in [-0.25, -0.2) is 4.39 Å². The molecule has 3 nitrogen and oxygen atoms in total. The molecular weight excluding hydrogens is 206 g/mol. The second-order valence-electron chi connectivity index (χ2n) is 3.04. The monoisotopic (exact) mass is 218 g/mol. The highest BCUT2D eigenvalue weighted by atomic mass is 31.2. The van der Waals surface area contributed by atoms with Crippen LogP contribution in [0.4, 0.5) is 4.39 Å². The molecule has 0 radical (unpaired) electrons. The minimum absolute atomic E-state index is 0.355. The number of hydrogen-bond donors (Lipinski definition) is 2. The van der Waals surface area contributed by atoms with E-state index in [0.717, 1.165) is 12.5 Å². The highest BCUT2D eigenvalue weighted by Crippen LogP contribution is 2.34. The maximum atomic E-state index is 13.5. The summed E-state index contributed by atoms with van der Waals surface area (Å²) in [6.45, 7) is 1.88. The van der Waals surface area contributed by atoms with Gasteiger partial charge in [0.15, 0.2) is 0 Å². The standard InChI is InChI=1S/C9H12FO3P/c1-2-4-7-5-3-6-8(9(7)10)14(11,12)13/h3,5-6H,2,4H2,1H3,(H2,11,12,13). The molecule has 0 saturated carbocycles. The van der Waals surface area contributed by atoms with Crippen molar-refractivity contribution in [2.45, 2.75) is 19.8 Å². The van der Waals surface area contributed by atoms with Crippen LogP contribution in [0.2, 0.25) is 0 Å². The van der Waals surface area contributed by atoms with Crippen molar-refractivity contribution in [3.8, 4) is 0 Å². The van der Waals surface area contributed by atoms with Crippen molar-refractivity contribution in [2.24, 2.45) is 0 Å². The van der Waals surface area contributed by atoms with E-state index in [1.807, 2.05) is 6.92 Å². The van der Waals surface area contributed by atoms with E-state index in [4.69, 9.17) is 9.79 Å². The topological polar surface area (TPSA) is 57.5 Å². The SMILES string of the molecule is CCCc1cccc(P(=O)(O)O)c1F. The average molecular weight is 218 g/mol. The number of halogens is 1. The van der Waals surface area contributed by atoms with Gasteiger partial charge in [-0.1, -0.05) is 25.5 Å². The maximum absolute atomic E-state index is 13.5. The minimum atomic E-state index is -4.48. The molecule has 14 heavy (non-hydrogen) atoms. The second kappa shape index (κ2) is 4.22. The molecule has 0 fully saturated rings. The molecule has 0 unspecified atom stereocenters. The smallest absolute Gasteiger partial charge is 0.321 e. The number of rotatable bonds is 3. The highest BCUT2D eigenvalue weighted by molar-refractivity contribution is 7.60. The van der Waals surface area contributed by atoms with E-state index in [2.05, 4.69) is 0 Å². The molecular formula is C9H12FO3P. The van der Waals surface area contributed by atoms with E-state index < -0.39 is 18.7 Å². The zero-order chi connectivity index (χ0) is 10.8. The first-order chi connectivity index (χ1) is 6.46. The largest absolute Gasteiger partial charge is 0.359 e. The normalized spacial score (nSPS) is 11.7. The summed E-state index contributed by atoms with van der Waals surface area (Å²) < 4.78 is 24.3. The van der Waals surface area contributed by atoms with Crippen LogP contribution in [-0.4, -0.2) is 9.79 Å². The Bertz CT molecular complexity index is 372. The van der Waals surface area contributed by atoms with Crippen molar-refractivity contribution in [2.75, 3.05) is 0 Å². The van der Waals surface area contributed by atoms with E-state index in [0.29, 0.717) is 12.0 Å². The summed E-state index contributed by atoms with van der Waals surface area (Å²) in [5.74, 6) is -0.775. The second-order valence-corrected chi connectivity index (χ2v) is 4.61. The molecule has 0 aromatic heterocycles. The summed E-state index contributed by atoms with van der Waals surface area (Å²) in [4.78, 5) is 17.7. The third kappa shape index (κ3) is 2.41. The van der Waals surface area contributed by atoms with Crippen LogP contribution in [0.15, 0.2) is 18.2 Å². The van der Waals surface area contributed by atoms with Gasteiger partial charge in [0.1, 0.15) is 5.82 Å². The van der Waals surface area contributed by atoms with Gasteiger partial charge in [0.2, 0.25) is 0 Å². The fourth-order valence-electron chi connectivity index (χ4n) is 1.25. The third-order valence-electron chi connectivity index (χ3n) is 1.89. The van der Waals surface area contributed by atoms with Crippen molar-refractivity contribution >= 4 is 12.9 Å². The van der Waals surface area contributed by atoms with Gasteiger partial charge in [-0.15, -0.1) is 0 Å². The van der Waals surface area contributed by atoms with Crippen LogP contribution >= 0.6 is 7.60 Å². The Morgan fingerprint density at radius 3 is 2.57 bits per heavy atom. The molecule has 0 atom stereocenters. The summed E-state index contributed by atoms with van der Waals surface area (Å²) >= 11 is 0. The summed E-state index contributed by atoms with van der Waals surface area (Å²) in [7, 11) is -4.48. The Balaban J connectivity index is 3.21. The molecule has 0 saturated heterocycles. The van der Waals surface area contributed by atoms with E-state index in [-0.39, 0.29) is 0 Å². The first-order valence-electron chi connectivity index (χ1n) is 4.30. The van der Waals surface area contributed by atoms with Crippen LogP contribution in [0.5, 0.6) is 0 Å². The molecule has 1 rings (SSSR count). The van der Waals surface area contributed by atoms with Gasteiger partial charge in [-0.2, -0.15) is 0 Å². The van der Waals surface area contributed by atoms with Crippen molar-refractivity contribution in [1.82, 2.24) is 0 Å². The van der Waals surface area contributed by atoms with Crippen LogP contribution in [0, 0.1) is 5.82 Å². The van der Waals surface area contributed by atoms with Gasteiger partial charge in [0.25, 0.3) is 0 Å². The number of benzene rings is 1. The van der Waals surface area contributed by atoms with E-state index in [1.165, 1.54) is 12.1 Å². The zero-order valence-electron chi connectivity index (χ0n) is 7.77. The average Bonchev–Trinajstić information content (AvgIpc) is 2.07. The summed E-state index contributed by atoms with van der Waals surface area (Å²) in [5, 5.41) is -0.511. The van der Waals surface area contributed by atoms with Gasteiger partial charge in [-0.05, 0) is 18.1 Å². The Hall–Kier alpha value is -0.700. The number of hydrogen-bond acceptors (Lipinski definition) is 1. The van der Waals surface area contributed by atoms with Crippen molar-refractivity contribution in [3.63, 3.8) is 0 Å². The first-order valence-corrected chi connectivity index (χ1v) is 5.91. The molecule has 0 aliphatic rings. The lowest BCUT2D eigenvalue weighted by molar-refractivity contribution is 0.385. The third-order valence-corrected chi connectivity index (χ3v) is 2.86. The summed E-state index contributed by atoms with van der Waals surface area (Å²) in [6.07, 6.45) is 1.22. The highest BCUT2D eigenvalue weighted by Gasteiger charge is 2.23. The summed E-state index contributed by atoms with van der Waals surface area (Å²) in [6, 6.07) is 4.12. The van der Waals surface area contributed by atoms with Gasteiger partial charge in [-0.3, -0.25) is 4.57 Å². The van der Waals surface area contributed by atoms with Crippen LogP contribution < -0.4 is 5.30 Å². The van der Waals surface area contributed by atoms with Gasteiger partial charge in [0.05, 0.1) is 5.30 Å². The fourth-order valence-corrected chi connectivity index (χ4v) is 1.93. The molecule has 0 aliphatic heterocycles. The van der Waals surface area contributed by atoms with Crippen LogP contribution in [0.3, 0.4) is 0 Å².